The summed E-state index contributed by atoms with van der Waals surface area (Å²) >= 11 is 3.39. The Balaban J connectivity index is 2.41. The fourth-order valence-corrected chi connectivity index (χ4v) is 2.17. The first-order chi connectivity index (χ1) is 7.58. The van der Waals surface area contributed by atoms with Crippen molar-refractivity contribution in [2.45, 2.75) is 13.8 Å². The number of benzene rings is 1. The second-order valence-electron chi connectivity index (χ2n) is 3.72. The molecule has 0 saturated carbocycles. The number of furan rings is 1. The van der Waals surface area contributed by atoms with Gasteiger partial charge in [-0.05, 0) is 43.7 Å². The van der Waals surface area contributed by atoms with Crippen molar-refractivity contribution in [1.29, 1.82) is 0 Å². The highest BCUT2D eigenvalue weighted by Gasteiger charge is 2.15. The van der Waals surface area contributed by atoms with Crippen molar-refractivity contribution in [2.75, 3.05) is 0 Å². The maximum absolute atomic E-state index is 12.1. The standard InChI is InChI=1S/C13H11BrO2/c1-8-3-5-10(11(14)7-8)13(15)12-6-4-9(2)16-12/h3-7H,1-2H3. The highest BCUT2D eigenvalue weighted by atomic mass is 79.9. The molecule has 0 N–H and O–H groups in total. The topological polar surface area (TPSA) is 30.2 Å². The van der Waals surface area contributed by atoms with E-state index in [4.69, 9.17) is 4.42 Å². The Morgan fingerprint density at radius 2 is 1.94 bits per heavy atom. The summed E-state index contributed by atoms with van der Waals surface area (Å²) in [6.07, 6.45) is 0. The van der Waals surface area contributed by atoms with E-state index in [1.165, 1.54) is 0 Å². The Bertz CT molecular complexity index is 541. The Labute approximate surface area is 102 Å². The first-order valence-electron chi connectivity index (χ1n) is 4.95. The molecule has 0 amide bonds. The summed E-state index contributed by atoms with van der Waals surface area (Å²) in [5, 5.41) is 0. The second-order valence-corrected chi connectivity index (χ2v) is 4.58. The number of hydrogen-bond acceptors (Lipinski definition) is 2. The van der Waals surface area contributed by atoms with Crippen LogP contribution in [0, 0.1) is 13.8 Å². The Kier molecular flexibility index (Phi) is 2.97. The van der Waals surface area contributed by atoms with Crippen molar-refractivity contribution in [3.63, 3.8) is 0 Å². The van der Waals surface area contributed by atoms with Gasteiger partial charge in [-0.3, -0.25) is 4.79 Å². The van der Waals surface area contributed by atoms with E-state index >= 15 is 0 Å². The third-order valence-electron chi connectivity index (χ3n) is 2.33. The molecule has 3 heteroatoms. The van der Waals surface area contributed by atoms with E-state index in [-0.39, 0.29) is 5.78 Å². The lowest BCUT2D eigenvalue weighted by Gasteiger charge is -2.02. The first kappa shape index (κ1) is 11.1. The molecule has 0 atom stereocenters. The smallest absolute Gasteiger partial charge is 0.229 e. The molecule has 1 heterocycles. The minimum atomic E-state index is -0.0972. The van der Waals surface area contributed by atoms with Crippen LogP contribution in [-0.4, -0.2) is 5.78 Å². The maximum atomic E-state index is 12.1. The summed E-state index contributed by atoms with van der Waals surface area (Å²) in [4.78, 5) is 12.1. The molecule has 2 nitrogen and oxygen atoms in total. The van der Waals surface area contributed by atoms with E-state index < -0.39 is 0 Å². The summed E-state index contributed by atoms with van der Waals surface area (Å²) in [5.41, 5.74) is 1.74. The monoisotopic (exact) mass is 278 g/mol. The number of rotatable bonds is 2. The van der Waals surface area contributed by atoms with Gasteiger partial charge in [0.2, 0.25) is 5.78 Å². The average Bonchev–Trinajstić information content (AvgIpc) is 2.64. The Morgan fingerprint density at radius 1 is 1.19 bits per heavy atom. The summed E-state index contributed by atoms with van der Waals surface area (Å²) in [7, 11) is 0. The molecule has 0 bridgehead atoms. The quantitative estimate of drug-likeness (QED) is 0.781. The fraction of sp³-hybridized carbons (Fsp3) is 0.154. The highest BCUT2D eigenvalue weighted by molar-refractivity contribution is 9.10. The number of hydrogen-bond donors (Lipinski definition) is 0. The van der Waals surface area contributed by atoms with Gasteiger partial charge in [-0.25, -0.2) is 0 Å². The van der Waals surface area contributed by atoms with Crippen LogP contribution in [0.4, 0.5) is 0 Å². The summed E-state index contributed by atoms with van der Waals surface area (Å²) < 4.78 is 6.11. The number of carbonyl (C=O) groups excluding carboxylic acids is 1. The number of ketones is 1. The maximum Gasteiger partial charge on any atom is 0.229 e. The van der Waals surface area contributed by atoms with Gasteiger partial charge in [0.1, 0.15) is 5.76 Å². The van der Waals surface area contributed by atoms with E-state index in [2.05, 4.69) is 15.9 Å². The van der Waals surface area contributed by atoms with Crippen molar-refractivity contribution in [1.82, 2.24) is 0 Å². The van der Waals surface area contributed by atoms with Crippen LogP contribution in [0.1, 0.15) is 27.4 Å². The molecular weight excluding hydrogens is 268 g/mol. The van der Waals surface area contributed by atoms with E-state index in [0.29, 0.717) is 11.3 Å². The van der Waals surface area contributed by atoms with Gasteiger partial charge in [0, 0.05) is 10.0 Å². The minimum absolute atomic E-state index is 0.0972. The van der Waals surface area contributed by atoms with Gasteiger partial charge in [0.25, 0.3) is 0 Å². The van der Waals surface area contributed by atoms with Gasteiger partial charge in [-0.2, -0.15) is 0 Å². The molecule has 0 fully saturated rings. The minimum Gasteiger partial charge on any atom is -0.458 e. The third kappa shape index (κ3) is 2.09. The van der Waals surface area contributed by atoms with Gasteiger partial charge in [0.15, 0.2) is 5.76 Å². The van der Waals surface area contributed by atoms with E-state index in [9.17, 15) is 4.79 Å². The molecule has 0 spiro atoms. The summed E-state index contributed by atoms with van der Waals surface area (Å²) in [6, 6.07) is 9.12. The van der Waals surface area contributed by atoms with Gasteiger partial charge in [0.05, 0.1) is 0 Å². The molecule has 0 aliphatic carbocycles. The Hall–Kier alpha value is -1.35. The molecule has 1 aromatic carbocycles. The van der Waals surface area contributed by atoms with E-state index in [1.54, 1.807) is 18.2 Å². The molecule has 2 rings (SSSR count). The average molecular weight is 279 g/mol. The van der Waals surface area contributed by atoms with Gasteiger partial charge in [-0.1, -0.05) is 22.0 Å². The van der Waals surface area contributed by atoms with Crippen LogP contribution >= 0.6 is 15.9 Å². The molecular formula is C13H11BrO2. The SMILES string of the molecule is Cc1ccc(C(=O)c2ccc(C)o2)c(Br)c1. The van der Waals surface area contributed by atoms with Crippen LogP contribution < -0.4 is 0 Å². The van der Waals surface area contributed by atoms with Crippen LogP contribution in [0.15, 0.2) is 39.2 Å². The van der Waals surface area contributed by atoms with Crippen molar-refractivity contribution in [3.05, 3.63) is 57.5 Å². The largest absolute Gasteiger partial charge is 0.458 e. The second kappa shape index (κ2) is 4.26. The number of aryl methyl sites for hydroxylation is 2. The molecule has 2 aromatic rings. The van der Waals surface area contributed by atoms with Crippen LogP contribution in [0.25, 0.3) is 0 Å². The Morgan fingerprint density at radius 3 is 2.50 bits per heavy atom. The zero-order chi connectivity index (χ0) is 11.7. The molecule has 0 aliphatic rings. The van der Waals surface area contributed by atoms with E-state index in [1.807, 2.05) is 26.0 Å². The number of carbonyl (C=O) groups is 1. The van der Waals surface area contributed by atoms with Crippen molar-refractivity contribution in [3.8, 4) is 0 Å². The predicted molar refractivity (Wildman–Crippen MR) is 65.8 cm³/mol. The molecule has 0 radical (unpaired) electrons. The van der Waals surface area contributed by atoms with Gasteiger partial charge in [-0.15, -0.1) is 0 Å². The lowest BCUT2D eigenvalue weighted by Crippen LogP contribution is -2.00. The molecule has 16 heavy (non-hydrogen) atoms. The number of halogens is 1. The normalized spacial score (nSPS) is 10.4. The van der Waals surface area contributed by atoms with Crippen LogP contribution in [0.5, 0.6) is 0 Å². The predicted octanol–water partition coefficient (Wildman–Crippen LogP) is 3.89. The molecule has 82 valence electrons. The summed E-state index contributed by atoms with van der Waals surface area (Å²) in [5.74, 6) is 1.02. The van der Waals surface area contributed by atoms with E-state index in [0.717, 1.165) is 15.8 Å². The lowest BCUT2D eigenvalue weighted by atomic mass is 10.1. The van der Waals surface area contributed by atoms with Crippen LogP contribution in [0.3, 0.4) is 0 Å². The lowest BCUT2D eigenvalue weighted by molar-refractivity contribution is 0.101. The third-order valence-corrected chi connectivity index (χ3v) is 2.99. The molecule has 0 unspecified atom stereocenters. The molecule has 0 saturated heterocycles. The van der Waals surface area contributed by atoms with Gasteiger partial charge >= 0.3 is 0 Å². The first-order valence-corrected chi connectivity index (χ1v) is 5.74. The van der Waals surface area contributed by atoms with Gasteiger partial charge < -0.3 is 4.42 Å². The highest BCUT2D eigenvalue weighted by Crippen LogP contribution is 2.22. The molecule has 0 aliphatic heterocycles. The zero-order valence-corrected chi connectivity index (χ0v) is 10.7. The van der Waals surface area contributed by atoms with Crippen LogP contribution in [0.2, 0.25) is 0 Å². The van der Waals surface area contributed by atoms with Crippen molar-refractivity contribution in [2.24, 2.45) is 0 Å². The summed E-state index contributed by atoms with van der Waals surface area (Å²) in [6.45, 7) is 3.80. The van der Waals surface area contributed by atoms with Crippen molar-refractivity contribution < 1.29 is 9.21 Å². The zero-order valence-electron chi connectivity index (χ0n) is 9.08. The van der Waals surface area contributed by atoms with Crippen LogP contribution in [-0.2, 0) is 0 Å². The fourth-order valence-electron chi connectivity index (χ4n) is 1.49. The van der Waals surface area contributed by atoms with Crippen molar-refractivity contribution >= 4 is 21.7 Å². The molecule has 1 aromatic heterocycles.